The number of aliphatic hydroxyl groups is 1. The number of esters is 1. The van der Waals surface area contributed by atoms with Crippen LogP contribution in [-0.4, -0.2) is 36.9 Å². The molecule has 0 saturated carbocycles. The lowest BCUT2D eigenvalue weighted by Crippen LogP contribution is -2.38. The fraction of sp³-hybridized carbons (Fsp3) is 0.462. The highest BCUT2D eigenvalue weighted by molar-refractivity contribution is 9.10. The molecular weight excluding hydrogens is 330 g/mol. The molecular formula is C13H16BrNO5. The van der Waals surface area contributed by atoms with Crippen LogP contribution in [-0.2, 0) is 9.53 Å². The Morgan fingerprint density at radius 2 is 2.20 bits per heavy atom. The van der Waals surface area contributed by atoms with Crippen molar-refractivity contribution < 1.29 is 24.1 Å². The van der Waals surface area contributed by atoms with Crippen molar-refractivity contribution in [3.05, 3.63) is 22.2 Å². The number of benzene rings is 1. The molecule has 0 radical (unpaired) electrons. The molecule has 1 aliphatic rings. The maximum Gasteiger partial charge on any atom is 0.325 e. The molecule has 2 unspecified atom stereocenters. The second-order valence-electron chi connectivity index (χ2n) is 4.25. The molecule has 0 saturated heterocycles. The van der Waals surface area contributed by atoms with Crippen LogP contribution in [0, 0.1) is 0 Å². The number of halogens is 1. The second kappa shape index (κ2) is 6.43. The smallest absolute Gasteiger partial charge is 0.325 e. The third-order valence-corrected chi connectivity index (χ3v) is 3.45. The number of carbonyl (C=O) groups excluding carboxylic acids is 1. The van der Waals surface area contributed by atoms with Crippen LogP contribution in [0.2, 0.25) is 0 Å². The molecule has 2 rings (SSSR count). The van der Waals surface area contributed by atoms with E-state index < -0.39 is 18.1 Å². The number of hydrogen-bond donors (Lipinski definition) is 2. The molecule has 110 valence electrons. The summed E-state index contributed by atoms with van der Waals surface area (Å²) < 4.78 is 16.4. The monoisotopic (exact) mass is 345 g/mol. The Kier molecular flexibility index (Phi) is 4.85. The van der Waals surface area contributed by atoms with Crippen molar-refractivity contribution in [3.63, 3.8) is 0 Å². The Labute approximate surface area is 124 Å². The zero-order valence-electron chi connectivity index (χ0n) is 11.0. The van der Waals surface area contributed by atoms with E-state index in [1.165, 1.54) is 0 Å². The topological polar surface area (TPSA) is 91.0 Å². The van der Waals surface area contributed by atoms with Gasteiger partial charge >= 0.3 is 5.97 Å². The summed E-state index contributed by atoms with van der Waals surface area (Å²) in [4.78, 5) is 11.6. The Morgan fingerprint density at radius 3 is 2.90 bits per heavy atom. The maximum absolute atomic E-state index is 11.6. The van der Waals surface area contributed by atoms with Gasteiger partial charge in [0.25, 0.3) is 0 Å². The minimum Gasteiger partial charge on any atom is -0.486 e. The quantitative estimate of drug-likeness (QED) is 0.795. The van der Waals surface area contributed by atoms with E-state index in [0.29, 0.717) is 34.7 Å². The largest absolute Gasteiger partial charge is 0.486 e. The third kappa shape index (κ3) is 3.05. The highest BCUT2D eigenvalue weighted by Crippen LogP contribution is 2.40. The first kappa shape index (κ1) is 15.1. The summed E-state index contributed by atoms with van der Waals surface area (Å²) in [5.41, 5.74) is 6.15. The van der Waals surface area contributed by atoms with Crippen LogP contribution >= 0.6 is 15.9 Å². The van der Waals surface area contributed by atoms with E-state index in [1.807, 2.05) is 0 Å². The predicted molar refractivity (Wildman–Crippen MR) is 74.7 cm³/mol. The van der Waals surface area contributed by atoms with Gasteiger partial charge in [0.2, 0.25) is 0 Å². The molecule has 2 atom stereocenters. The van der Waals surface area contributed by atoms with Crippen LogP contribution in [0.5, 0.6) is 11.5 Å². The molecule has 1 aromatic rings. The summed E-state index contributed by atoms with van der Waals surface area (Å²) >= 11 is 3.34. The molecule has 0 amide bonds. The van der Waals surface area contributed by atoms with Crippen LogP contribution in [0.3, 0.4) is 0 Å². The summed E-state index contributed by atoms with van der Waals surface area (Å²) in [6.45, 7) is 2.79. The summed E-state index contributed by atoms with van der Waals surface area (Å²) in [6, 6.07) is 2.12. The molecule has 0 fully saturated rings. The van der Waals surface area contributed by atoms with E-state index in [-0.39, 0.29) is 6.61 Å². The fourth-order valence-electron chi connectivity index (χ4n) is 1.88. The molecule has 1 heterocycles. The molecule has 6 nitrogen and oxygen atoms in total. The standard InChI is InChI=1S/C13H16BrNO5/c1-2-18-13(17)10(15)11(16)7-5-8(14)12-9(6-7)19-3-4-20-12/h5-6,10-11,16H,2-4,15H2,1H3. The highest BCUT2D eigenvalue weighted by atomic mass is 79.9. The van der Waals surface area contributed by atoms with Gasteiger partial charge in [0, 0.05) is 0 Å². The lowest BCUT2D eigenvalue weighted by Gasteiger charge is -2.23. The van der Waals surface area contributed by atoms with Crippen LogP contribution in [0.15, 0.2) is 16.6 Å². The lowest BCUT2D eigenvalue weighted by molar-refractivity contribution is -0.147. The first-order valence-electron chi connectivity index (χ1n) is 6.24. The molecule has 0 aliphatic carbocycles. The Balaban J connectivity index is 2.24. The number of nitrogens with two attached hydrogens (primary N) is 1. The minimum absolute atomic E-state index is 0.212. The zero-order chi connectivity index (χ0) is 14.7. The van der Waals surface area contributed by atoms with E-state index in [4.69, 9.17) is 19.9 Å². The van der Waals surface area contributed by atoms with Gasteiger partial charge in [-0.1, -0.05) is 0 Å². The van der Waals surface area contributed by atoms with Crippen molar-refractivity contribution in [2.45, 2.75) is 19.1 Å². The number of rotatable bonds is 4. The van der Waals surface area contributed by atoms with Crippen LogP contribution in [0.1, 0.15) is 18.6 Å². The Bertz CT molecular complexity index is 508. The molecule has 0 aromatic heterocycles. The SMILES string of the molecule is CCOC(=O)C(N)C(O)c1cc(Br)c2c(c1)OCCO2. The average molecular weight is 346 g/mol. The van der Waals surface area contributed by atoms with Gasteiger partial charge in [-0.05, 0) is 40.5 Å². The van der Waals surface area contributed by atoms with Gasteiger partial charge in [-0.2, -0.15) is 0 Å². The number of ether oxygens (including phenoxy) is 3. The molecule has 20 heavy (non-hydrogen) atoms. The summed E-state index contributed by atoms with van der Waals surface area (Å²) in [5.74, 6) is 0.443. The van der Waals surface area contributed by atoms with Crippen molar-refractivity contribution >= 4 is 21.9 Å². The van der Waals surface area contributed by atoms with E-state index in [2.05, 4.69) is 15.9 Å². The van der Waals surface area contributed by atoms with E-state index in [0.717, 1.165) is 0 Å². The third-order valence-electron chi connectivity index (χ3n) is 2.86. The lowest BCUT2D eigenvalue weighted by atomic mass is 10.0. The number of fused-ring (bicyclic) bond motifs is 1. The zero-order valence-corrected chi connectivity index (χ0v) is 12.6. The Hall–Kier alpha value is -1.31. The van der Waals surface area contributed by atoms with Gasteiger partial charge in [-0.25, -0.2) is 0 Å². The second-order valence-corrected chi connectivity index (χ2v) is 5.10. The van der Waals surface area contributed by atoms with Gasteiger partial charge < -0.3 is 25.1 Å². The summed E-state index contributed by atoms with van der Waals surface area (Å²) in [6.07, 6.45) is -1.18. The molecule has 7 heteroatoms. The van der Waals surface area contributed by atoms with Gasteiger partial charge in [-0.3, -0.25) is 4.79 Å². The maximum atomic E-state index is 11.6. The van der Waals surface area contributed by atoms with Gasteiger partial charge in [-0.15, -0.1) is 0 Å². The molecule has 3 N–H and O–H groups in total. The van der Waals surface area contributed by atoms with Crippen molar-refractivity contribution in [3.8, 4) is 11.5 Å². The van der Waals surface area contributed by atoms with Crippen LogP contribution in [0.25, 0.3) is 0 Å². The first-order chi connectivity index (χ1) is 9.54. The van der Waals surface area contributed by atoms with Crippen molar-refractivity contribution in [1.82, 2.24) is 0 Å². The molecule has 0 spiro atoms. The molecule has 0 bridgehead atoms. The number of aliphatic hydroxyl groups excluding tert-OH is 1. The molecule has 1 aliphatic heterocycles. The van der Waals surface area contributed by atoms with E-state index in [9.17, 15) is 9.90 Å². The van der Waals surface area contributed by atoms with E-state index in [1.54, 1.807) is 19.1 Å². The van der Waals surface area contributed by atoms with Crippen LogP contribution in [0.4, 0.5) is 0 Å². The first-order valence-corrected chi connectivity index (χ1v) is 7.03. The highest BCUT2D eigenvalue weighted by Gasteiger charge is 2.27. The van der Waals surface area contributed by atoms with Crippen molar-refractivity contribution in [2.75, 3.05) is 19.8 Å². The van der Waals surface area contributed by atoms with Gasteiger partial charge in [0.15, 0.2) is 11.5 Å². The number of hydrogen-bond acceptors (Lipinski definition) is 6. The van der Waals surface area contributed by atoms with Gasteiger partial charge in [0.05, 0.1) is 11.1 Å². The van der Waals surface area contributed by atoms with Crippen LogP contribution < -0.4 is 15.2 Å². The summed E-state index contributed by atoms with van der Waals surface area (Å²) in [7, 11) is 0. The van der Waals surface area contributed by atoms with Gasteiger partial charge in [0.1, 0.15) is 25.4 Å². The normalized spacial score (nSPS) is 16.4. The molecule has 1 aromatic carbocycles. The Morgan fingerprint density at radius 1 is 1.50 bits per heavy atom. The average Bonchev–Trinajstić information content (AvgIpc) is 2.46. The minimum atomic E-state index is -1.18. The van der Waals surface area contributed by atoms with E-state index >= 15 is 0 Å². The van der Waals surface area contributed by atoms with Crippen molar-refractivity contribution in [2.24, 2.45) is 5.73 Å². The predicted octanol–water partition coefficient (Wildman–Crippen LogP) is 1.14. The number of carbonyl (C=O) groups is 1. The van der Waals surface area contributed by atoms with Crippen molar-refractivity contribution in [1.29, 1.82) is 0 Å². The fourth-order valence-corrected chi connectivity index (χ4v) is 2.45. The summed E-state index contributed by atoms with van der Waals surface area (Å²) in [5, 5.41) is 10.2.